The summed E-state index contributed by atoms with van der Waals surface area (Å²) in [6, 6.07) is 8.25. The van der Waals surface area contributed by atoms with Gasteiger partial charge in [0.1, 0.15) is 0 Å². The van der Waals surface area contributed by atoms with Crippen molar-refractivity contribution in [2.24, 2.45) is 0 Å². The quantitative estimate of drug-likeness (QED) is 0.827. The second-order valence-corrected chi connectivity index (χ2v) is 6.14. The molecule has 0 aliphatic heterocycles. The Balaban J connectivity index is 2.03. The highest BCUT2D eigenvalue weighted by Gasteiger charge is 2.08. The van der Waals surface area contributed by atoms with Gasteiger partial charge in [-0.15, -0.1) is 11.3 Å². The highest BCUT2D eigenvalue weighted by atomic mass is 32.2. The lowest BCUT2D eigenvalue weighted by molar-refractivity contribution is 0.113. The first kappa shape index (κ1) is 13.5. The molecule has 2 N–H and O–H groups in total. The zero-order chi connectivity index (χ0) is 13.0. The van der Waals surface area contributed by atoms with Gasteiger partial charge in [0.15, 0.2) is 4.34 Å². The number of aromatic nitrogens is 1. The Bertz CT molecular complexity index is 496. The molecular weight excluding hydrogens is 266 g/mol. The molecular formula is C13H15NO2S2. The maximum Gasteiger partial charge on any atom is 0.150 e. The number of aryl methyl sites for hydroxylation is 1. The van der Waals surface area contributed by atoms with E-state index in [4.69, 9.17) is 5.11 Å². The molecule has 0 aliphatic carbocycles. The van der Waals surface area contributed by atoms with Crippen LogP contribution < -0.4 is 0 Å². The maximum atomic E-state index is 9.28. The lowest BCUT2D eigenvalue weighted by atomic mass is 10.1. The second-order valence-electron chi connectivity index (χ2n) is 4.01. The minimum atomic E-state index is -0.679. The lowest BCUT2D eigenvalue weighted by Gasteiger charge is -2.03. The number of hydrogen-bond acceptors (Lipinski definition) is 5. The standard InChI is InChI=1S/C13H15NO2S2/c1-9-2-4-10(5-3-9)12-8-18-13(14-12)17-7-11(16)6-15/h2-5,8,11,15-16H,6-7H2,1H3. The summed E-state index contributed by atoms with van der Waals surface area (Å²) in [4.78, 5) is 4.51. The number of aliphatic hydroxyl groups excluding tert-OH is 2. The van der Waals surface area contributed by atoms with Gasteiger partial charge in [-0.25, -0.2) is 4.98 Å². The van der Waals surface area contributed by atoms with Crippen LogP contribution in [-0.2, 0) is 0 Å². The summed E-state index contributed by atoms with van der Waals surface area (Å²) < 4.78 is 0.915. The van der Waals surface area contributed by atoms with Gasteiger partial charge >= 0.3 is 0 Å². The van der Waals surface area contributed by atoms with Crippen LogP contribution >= 0.6 is 23.1 Å². The first-order valence-corrected chi connectivity index (χ1v) is 7.50. The summed E-state index contributed by atoms with van der Waals surface area (Å²) in [5.41, 5.74) is 3.29. The molecule has 5 heteroatoms. The lowest BCUT2D eigenvalue weighted by Crippen LogP contribution is -2.14. The molecule has 1 aromatic heterocycles. The van der Waals surface area contributed by atoms with Crippen LogP contribution in [0.4, 0.5) is 0 Å². The van der Waals surface area contributed by atoms with Crippen molar-refractivity contribution in [1.29, 1.82) is 0 Å². The van der Waals surface area contributed by atoms with Gasteiger partial charge < -0.3 is 10.2 Å². The van der Waals surface area contributed by atoms with Crippen LogP contribution in [0.5, 0.6) is 0 Å². The summed E-state index contributed by atoms with van der Waals surface area (Å²) >= 11 is 3.03. The number of thioether (sulfide) groups is 1. The van der Waals surface area contributed by atoms with E-state index in [1.54, 1.807) is 11.3 Å². The monoisotopic (exact) mass is 281 g/mol. The number of hydrogen-bond donors (Lipinski definition) is 2. The van der Waals surface area contributed by atoms with Gasteiger partial charge in [0.05, 0.1) is 18.4 Å². The summed E-state index contributed by atoms with van der Waals surface area (Å²) in [5, 5.41) is 20.0. The molecule has 0 aliphatic rings. The van der Waals surface area contributed by atoms with Crippen molar-refractivity contribution in [1.82, 2.24) is 4.98 Å². The van der Waals surface area contributed by atoms with Gasteiger partial charge in [-0.2, -0.15) is 0 Å². The average Bonchev–Trinajstić information content (AvgIpc) is 2.85. The molecule has 3 nitrogen and oxygen atoms in total. The largest absolute Gasteiger partial charge is 0.394 e. The number of nitrogens with zero attached hydrogens (tertiary/aromatic N) is 1. The zero-order valence-electron chi connectivity index (χ0n) is 10.0. The van der Waals surface area contributed by atoms with Gasteiger partial charge in [0.25, 0.3) is 0 Å². The number of benzene rings is 1. The smallest absolute Gasteiger partial charge is 0.150 e. The van der Waals surface area contributed by atoms with E-state index < -0.39 is 6.10 Å². The van der Waals surface area contributed by atoms with Crippen molar-refractivity contribution in [2.45, 2.75) is 17.4 Å². The molecule has 1 unspecified atom stereocenters. The van der Waals surface area contributed by atoms with Crippen LogP contribution in [0.1, 0.15) is 5.56 Å². The normalized spacial score (nSPS) is 12.6. The van der Waals surface area contributed by atoms with Crippen molar-refractivity contribution in [3.63, 3.8) is 0 Å². The molecule has 0 saturated carbocycles. The van der Waals surface area contributed by atoms with Crippen molar-refractivity contribution in [3.8, 4) is 11.3 Å². The maximum absolute atomic E-state index is 9.28. The molecule has 1 aromatic carbocycles. The molecule has 96 valence electrons. The molecule has 2 rings (SSSR count). The molecule has 0 spiro atoms. The molecule has 0 saturated heterocycles. The van der Waals surface area contributed by atoms with E-state index in [2.05, 4.69) is 36.2 Å². The highest BCUT2D eigenvalue weighted by Crippen LogP contribution is 2.28. The van der Waals surface area contributed by atoms with Crippen LogP contribution in [0.3, 0.4) is 0 Å². The van der Waals surface area contributed by atoms with Crippen LogP contribution in [-0.4, -0.2) is 33.7 Å². The van der Waals surface area contributed by atoms with Crippen molar-refractivity contribution < 1.29 is 10.2 Å². The first-order valence-electron chi connectivity index (χ1n) is 5.63. The highest BCUT2D eigenvalue weighted by molar-refractivity contribution is 8.01. The Morgan fingerprint density at radius 1 is 1.33 bits per heavy atom. The van der Waals surface area contributed by atoms with Gasteiger partial charge in [-0.05, 0) is 6.92 Å². The van der Waals surface area contributed by atoms with Crippen molar-refractivity contribution in [3.05, 3.63) is 35.2 Å². The van der Waals surface area contributed by atoms with E-state index >= 15 is 0 Å². The van der Waals surface area contributed by atoms with Gasteiger partial charge in [0, 0.05) is 16.7 Å². The van der Waals surface area contributed by atoms with Gasteiger partial charge in [0.2, 0.25) is 0 Å². The summed E-state index contributed by atoms with van der Waals surface area (Å²) in [7, 11) is 0. The zero-order valence-corrected chi connectivity index (χ0v) is 11.7. The minimum absolute atomic E-state index is 0.205. The predicted octanol–water partition coefficient (Wildman–Crippen LogP) is 2.56. The van der Waals surface area contributed by atoms with Crippen LogP contribution in [0.2, 0.25) is 0 Å². The van der Waals surface area contributed by atoms with Crippen LogP contribution in [0.25, 0.3) is 11.3 Å². The Morgan fingerprint density at radius 2 is 2.06 bits per heavy atom. The number of rotatable bonds is 5. The Labute approximate surface area is 115 Å². The molecule has 18 heavy (non-hydrogen) atoms. The first-order chi connectivity index (χ1) is 8.69. The Morgan fingerprint density at radius 3 is 2.72 bits per heavy atom. The van der Waals surface area contributed by atoms with Crippen molar-refractivity contribution in [2.75, 3.05) is 12.4 Å². The van der Waals surface area contributed by atoms with Gasteiger partial charge in [-0.3, -0.25) is 0 Å². The molecule has 1 atom stereocenters. The van der Waals surface area contributed by atoms with E-state index in [-0.39, 0.29) is 6.61 Å². The molecule has 1 heterocycles. The molecule has 0 bridgehead atoms. The van der Waals surface area contributed by atoms with E-state index in [0.29, 0.717) is 5.75 Å². The molecule has 0 fully saturated rings. The fourth-order valence-corrected chi connectivity index (χ4v) is 3.18. The van der Waals surface area contributed by atoms with E-state index in [1.165, 1.54) is 17.3 Å². The predicted molar refractivity (Wildman–Crippen MR) is 76.1 cm³/mol. The topological polar surface area (TPSA) is 53.4 Å². The van der Waals surface area contributed by atoms with E-state index in [9.17, 15) is 5.11 Å². The summed E-state index contributed by atoms with van der Waals surface area (Å²) in [5.74, 6) is 0.470. The minimum Gasteiger partial charge on any atom is -0.394 e. The fourth-order valence-electron chi connectivity index (χ4n) is 1.40. The van der Waals surface area contributed by atoms with Gasteiger partial charge in [-0.1, -0.05) is 41.6 Å². The summed E-state index contributed by atoms with van der Waals surface area (Å²) in [6.07, 6.45) is -0.679. The fraction of sp³-hybridized carbons (Fsp3) is 0.308. The third kappa shape index (κ3) is 3.55. The number of thiazole rings is 1. The summed E-state index contributed by atoms with van der Waals surface area (Å²) in [6.45, 7) is 1.85. The Hall–Kier alpha value is -0.880. The third-order valence-electron chi connectivity index (χ3n) is 2.44. The molecule has 0 amide bonds. The average molecular weight is 281 g/mol. The van der Waals surface area contributed by atoms with E-state index in [0.717, 1.165) is 15.6 Å². The Kier molecular flexibility index (Phi) is 4.77. The number of aliphatic hydroxyl groups is 2. The van der Waals surface area contributed by atoms with Crippen molar-refractivity contribution >= 4 is 23.1 Å². The SMILES string of the molecule is Cc1ccc(-c2csc(SCC(O)CO)n2)cc1. The molecule has 0 radical (unpaired) electrons. The second kappa shape index (κ2) is 6.33. The van der Waals surface area contributed by atoms with E-state index in [1.807, 2.05) is 5.38 Å². The molecule has 2 aromatic rings. The third-order valence-corrected chi connectivity index (χ3v) is 4.61. The van der Waals surface area contributed by atoms with Crippen LogP contribution in [0, 0.1) is 6.92 Å². The van der Waals surface area contributed by atoms with Crippen LogP contribution in [0.15, 0.2) is 34.0 Å².